The number of hydrogen-bond acceptors (Lipinski definition) is 1. The van der Waals surface area contributed by atoms with E-state index in [1.807, 2.05) is 6.92 Å². The molecule has 0 saturated heterocycles. The number of benzene rings is 1. The highest BCUT2D eigenvalue weighted by atomic mass is 14.6. The van der Waals surface area contributed by atoms with Gasteiger partial charge in [-0.2, -0.15) is 0 Å². The third-order valence-electron chi connectivity index (χ3n) is 4.00. The van der Waals surface area contributed by atoms with Crippen molar-refractivity contribution >= 4 is 0 Å². The molecule has 1 aromatic carbocycles. The minimum absolute atomic E-state index is 0.0745. The topological polar surface area (TPSA) is 26.0 Å². The Hall–Kier alpha value is -1.08. The predicted octanol–water partition coefficient (Wildman–Crippen LogP) is 4.19. The molecule has 2 N–H and O–H groups in total. The summed E-state index contributed by atoms with van der Waals surface area (Å²) in [5.41, 5.74) is 15.6. The molecule has 1 aromatic rings. The molecule has 0 unspecified atom stereocenters. The Morgan fingerprint density at radius 1 is 0.941 bits per heavy atom. The highest BCUT2D eigenvalue weighted by molar-refractivity contribution is 5.50. The van der Waals surface area contributed by atoms with Crippen molar-refractivity contribution < 1.29 is 0 Å². The average molecular weight is 231 g/mol. The van der Waals surface area contributed by atoms with E-state index in [-0.39, 0.29) is 6.04 Å². The molecule has 1 heteroatoms. The zero-order valence-corrected chi connectivity index (χ0v) is 12.1. The monoisotopic (exact) mass is 231 g/mol. The Morgan fingerprint density at radius 2 is 1.29 bits per heavy atom. The highest BCUT2D eigenvalue weighted by Crippen LogP contribution is 2.31. The molecule has 1 nitrogen and oxygen atoms in total. The third-order valence-corrected chi connectivity index (χ3v) is 4.00. The third kappa shape index (κ3) is 2.61. The first kappa shape index (κ1) is 14.0. The van der Waals surface area contributed by atoms with Gasteiger partial charge in [0.2, 0.25) is 0 Å². The van der Waals surface area contributed by atoms with Crippen LogP contribution >= 0.6 is 0 Å². The first-order valence-corrected chi connectivity index (χ1v) is 6.24. The van der Waals surface area contributed by atoms with Crippen LogP contribution in [0.5, 0.6) is 0 Å². The largest absolute Gasteiger partial charge is 0.324 e. The summed E-state index contributed by atoms with van der Waals surface area (Å²) in [7, 11) is 0. The lowest BCUT2D eigenvalue weighted by molar-refractivity contribution is 0.703. The first-order chi connectivity index (χ1) is 7.77. The van der Waals surface area contributed by atoms with Crippen molar-refractivity contribution in [2.24, 2.45) is 5.73 Å². The summed E-state index contributed by atoms with van der Waals surface area (Å²) in [6.45, 7) is 16.9. The van der Waals surface area contributed by atoms with E-state index in [1.54, 1.807) is 0 Å². The van der Waals surface area contributed by atoms with Crippen LogP contribution in [0.1, 0.15) is 52.8 Å². The first-order valence-electron chi connectivity index (χ1n) is 6.24. The molecule has 0 saturated carbocycles. The Balaban J connectivity index is 3.38. The van der Waals surface area contributed by atoms with Crippen molar-refractivity contribution in [1.82, 2.24) is 0 Å². The molecular weight excluding hydrogens is 206 g/mol. The lowest BCUT2D eigenvalue weighted by atomic mass is 9.85. The van der Waals surface area contributed by atoms with Crippen molar-refractivity contribution in [3.8, 4) is 0 Å². The quantitative estimate of drug-likeness (QED) is 0.775. The number of rotatable bonds is 3. The van der Waals surface area contributed by atoms with Gasteiger partial charge in [-0.3, -0.25) is 0 Å². The van der Waals surface area contributed by atoms with Gasteiger partial charge in [-0.25, -0.2) is 0 Å². The van der Waals surface area contributed by atoms with Gasteiger partial charge in [-0.15, -0.1) is 6.58 Å². The molecule has 0 amide bonds. The molecule has 1 rings (SSSR count). The molecule has 0 aliphatic heterocycles. The molecule has 0 aromatic heterocycles. The van der Waals surface area contributed by atoms with E-state index >= 15 is 0 Å². The normalized spacial score (nSPS) is 12.6. The van der Waals surface area contributed by atoms with Crippen LogP contribution in [-0.4, -0.2) is 0 Å². The van der Waals surface area contributed by atoms with Gasteiger partial charge in [-0.05, 0) is 81.3 Å². The van der Waals surface area contributed by atoms with Crippen molar-refractivity contribution in [3.05, 3.63) is 45.5 Å². The summed E-state index contributed by atoms with van der Waals surface area (Å²) in [6.07, 6.45) is 0.865. The molecule has 0 aliphatic rings. The Labute approximate surface area is 106 Å². The molecule has 0 heterocycles. The Morgan fingerprint density at radius 3 is 1.65 bits per heavy atom. The minimum Gasteiger partial charge on any atom is -0.324 e. The second kappa shape index (κ2) is 5.05. The van der Waals surface area contributed by atoms with Crippen LogP contribution in [0, 0.1) is 34.6 Å². The van der Waals surface area contributed by atoms with Crippen LogP contribution in [0.2, 0.25) is 0 Å². The maximum atomic E-state index is 6.32. The summed E-state index contributed by atoms with van der Waals surface area (Å²) >= 11 is 0. The summed E-state index contributed by atoms with van der Waals surface area (Å²) < 4.78 is 0. The predicted molar refractivity (Wildman–Crippen MR) is 76.5 cm³/mol. The van der Waals surface area contributed by atoms with Gasteiger partial charge in [0, 0.05) is 6.04 Å². The summed E-state index contributed by atoms with van der Waals surface area (Å²) in [4.78, 5) is 0. The van der Waals surface area contributed by atoms with Crippen LogP contribution in [0.3, 0.4) is 0 Å². The van der Waals surface area contributed by atoms with Gasteiger partial charge >= 0.3 is 0 Å². The van der Waals surface area contributed by atoms with Gasteiger partial charge in [0.25, 0.3) is 0 Å². The fourth-order valence-corrected chi connectivity index (χ4v) is 2.56. The number of hydrogen-bond donors (Lipinski definition) is 1. The van der Waals surface area contributed by atoms with E-state index in [0.29, 0.717) is 0 Å². The lowest BCUT2D eigenvalue weighted by Gasteiger charge is -2.23. The fourth-order valence-electron chi connectivity index (χ4n) is 2.56. The summed E-state index contributed by atoms with van der Waals surface area (Å²) in [5, 5.41) is 0. The van der Waals surface area contributed by atoms with Gasteiger partial charge in [0.15, 0.2) is 0 Å². The van der Waals surface area contributed by atoms with Crippen molar-refractivity contribution in [2.75, 3.05) is 0 Å². The van der Waals surface area contributed by atoms with Crippen LogP contribution in [0.4, 0.5) is 0 Å². The zero-order chi connectivity index (χ0) is 13.3. The van der Waals surface area contributed by atoms with Crippen LogP contribution in [0.25, 0.3) is 0 Å². The van der Waals surface area contributed by atoms with Gasteiger partial charge < -0.3 is 5.73 Å². The minimum atomic E-state index is 0.0745. The Kier molecular flexibility index (Phi) is 4.16. The average Bonchev–Trinajstić information content (AvgIpc) is 2.23. The SMILES string of the molecule is C=C(C)C[C@H](N)c1c(C)c(C)c(C)c(C)c1C. The van der Waals surface area contributed by atoms with E-state index in [1.165, 1.54) is 33.4 Å². The maximum absolute atomic E-state index is 6.32. The molecule has 17 heavy (non-hydrogen) atoms. The van der Waals surface area contributed by atoms with Crippen molar-refractivity contribution in [1.29, 1.82) is 0 Å². The van der Waals surface area contributed by atoms with Crippen LogP contribution < -0.4 is 5.73 Å². The van der Waals surface area contributed by atoms with E-state index < -0.39 is 0 Å². The lowest BCUT2D eigenvalue weighted by Crippen LogP contribution is -2.16. The second-order valence-electron chi connectivity index (χ2n) is 5.31. The molecule has 0 fully saturated rings. The zero-order valence-electron chi connectivity index (χ0n) is 12.1. The fraction of sp³-hybridized carbons (Fsp3) is 0.500. The highest BCUT2D eigenvalue weighted by Gasteiger charge is 2.17. The summed E-state index contributed by atoms with van der Waals surface area (Å²) in [5.74, 6) is 0. The Bertz CT molecular complexity index is 426. The molecule has 0 aliphatic carbocycles. The molecule has 0 radical (unpaired) electrons. The van der Waals surface area contributed by atoms with Crippen molar-refractivity contribution in [3.63, 3.8) is 0 Å². The van der Waals surface area contributed by atoms with Crippen molar-refractivity contribution in [2.45, 2.75) is 54.0 Å². The molecule has 94 valence electrons. The molecule has 0 spiro atoms. The van der Waals surface area contributed by atoms with Gasteiger partial charge in [0.1, 0.15) is 0 Å². The smallest absolute Gasteiger partial charge is 0.0337 e. The second-order valence-corrected chi connectivity index (χ2v) is 5.31. The molecule has 1 atom stereocenters. The van der Waals surface area contributed by atoms with Gasteiger partial charge in [-0.1, -0.05) is 5.57 Å². The van der Waals surface area contributed by atoms with E-state index in [0.717, 1.165) is 12.0 Å². The van der Waals surface area contributed by atoms with Crippen LogP contribution in [0.15, 0.2) is 12.2 Å². The maximum Gasteiger partial charge on any atom is 0.0337 e. The van der Waals surface area contributed by atoms with Crippen LogP contribution in [-0.2, 0) is 0 Å². The molecule has 0 bridgehead atoms. The molecular formula is C16H25N. The van der Waals surface area contributed by atoms with Gasteiger partial charge in [0.05, 0.1) is 0 Å². The summed E-state index contributed by atoms with van der Waals surface area (Å²) in [6, 6.07) is 0.0745. The van der Waals surface area contributed by atoms with E-state index in [2.05, 4.69) is 41.2 Å². The van der Waals surface area contributed by atoms with E-state index in [9.17, 15) is 0 Å². The van der Waals surface area contributed by atoms with E-state index in [4.69, 9.17) is 5.73 Å². The standard InChI is InChI=1S/C16H25N/c1-9(2)8-15(17)16-13(6)11(4)10(3)12(5)14(16)7/h15H,1,8,17H2,2-7H3/t15-/m0/s1. The number of nitrogens with two attached hydrogens (primary N) is 1.